The van der Waals surface area contributed by atoms with E-state index in [0.29, 0.717) is 6.61 Å². The number of hydrogen-bond acceptors (Lipinski definition) is 4. The molecule has 0 fully saturated rings. The highest BCUT2D eigenvalue weighted by molar-refractivity contribution is 7.89. The molecule has 1 aromatic rings. The van der Waals surface area contributed by atoms with E-state index in [0.717, 1.165) is 5.69 Å². The third-order valence-corrected chi connectivity index (χ3v) is 3.78. The van der Waals surface area contributed by atoms with Gasteiger partial charge in [0.2, 0.25) is 10.0 Å². The second kappa shape index (κ2) is 6.72. The first-order valence-corrected chi connectivity index (χ1v) is 7.33. The Morgan fingerprint density at radius 3 is 2.33 bits per heavy atom. The predicted molar refractivity (Wildman–Crippen MR) is 72.3 cm³/mol. The van der Waals surface area contributed by atoms with Crippen molar-refractivity contribution in [1.82, 2.24) is 4.72 Å². The Kier molecular flexibility index (Phi) is 5.58. The molecule has 18 heavy (non-hydrogen) atoms. The lowest BCUT2D eigenvalue weighted by atomic mass is 10.3. The number of rotatable bonds is 7. The van der Waals surface area contributed by atoms with E-state index in [2.05, 4.69) is 10.0 Å². The molecule has 5 nitrogen and oxygen atoms in total. The van der Waals surface area contributed by atoms with E-state index >= 15 is 0 Å². The maximum Gasteiger partial charge on any atom is 0.240 e. The number of nitrogens with one attached hydrogen (secondary N) is 2. The fraction of sp³-hybridized carbons (Fsp3) is 0.500. The molecule has 0 saturated heterocycles. The normalized spacial score (nSPS) is 11.8. The van der Waals surface area contributed by atoms with Gasteiger partial charge in [-0.1, -0.05) is 0 Å². The lowest BCUT2D eigenvalue weighted by Gasteiger charge is -2.09. The number of sulfonamides is 1. The third kappa shape index (κ3) is 4.64. The molecule has 0 aliphatic heterocycles. The van der Waals surface area contributed by atoms with E-state index in [1.807, 2.05) is 13.8 Å². The molecule has 0 heterocycles. The van der Waals surface area contributed by atoms with Crippen molar-refractivity contribution in [2.45, 2.75) is 24.8 Å². The molecule has 0 bridgehead atoms. The summed E-state index contributed by atoms with van der Waals surface area (Å²) >= 11 is 0. The van der Waals surface area contributed by atoms with E-state index in [-0.39, 0.29) is 17.5 Å². The largest absolute Gasteiger partial charge is 0.388 e. The smallest absolute Gasteiger partial charge is 0.240 e. The molecule has 0 atom stereocenters. The summed E-state index contributed by atoms with van der Waals surface area (Å²) in [6.45, 7) is 4.45. The van der Waals surface area contributed by atoms with Crippen molar-refractivity contribution < 1.29 is 13.2 Å². The molecule has 0 unspecified atom stereocenters. The third-order valence-electron chi connectivity index (χ3n) is 2.30. The maximum atomic E-state index is 11.9. The van der Waals surface area contributed by atoms with Gasteiger partial charge >= 0.3 is 0 Å². The van der Waals surface area contributed by atoms with E-state index in [1.54, 1.807) is 31.3 Å². The summed E-state index contributed by atoms with van der Waals surface area (Å²) in [6, 6.07) is 6.58. The van der Waals surface area contributed by atoms with Crippen LogP contribution in [0.3, 0.4) is 0 Å². The number of benzene rings is 1. The Balaban J connectivity index is 2.57. The summed E-state index contributed by atoms with van der Waals surface area (Å²) in [7, 11) is -1.66. The topological polar surface area (TPSA) is 67.4 Å². The number of anilines is 1. The summed E-state index contributed by atoms with van der Waals surface area (Å²) in [5, 5.41) is 2.94. The van der Waals surface area contributed by atoms with Gasteiger partial charge < -0.3 is 10.1 Å². The molecule has 0 aliphatic rings. The van der Waals surface area contributed by atoms with Crippen molar-refractivity contribution in [3.63, 3.8) is 0 Å². The summed E-state index contributed by atoms with van der Waals surface area (Å²) < 4.78 is 31.5. The molecule has 0 aromatic heterocycles. The van der Waals surface area contributed by atoms with Crippen LogP contribution >= 0.6 is 0 Å². The van der Waals surface area contributed by atoms with Crippen LogP contribution in [0.15, 0.2) is 29.2 Å². The first-order valence-electron chi connectivity index (χ1n) is 5.85. The second-order valence-electron chi connectivity index (χ2n) is 4.09. The van der Waals surface area contributed by atoms with Gasteiger partial charge in [0.1, 0.15) is 0 Å². The summed E-state index contributed by atoms with van der Waals surface area (Å²) in [5.74, 6) is 0. The molecule has 0 spiro atoms. The summed E-state index contributed by atoms with van der Waals surface area (Å²) in [5.41, 5.74) is 0.872. The standard InChI is InChI=1S/C12H20N2O3S/c1-10(2)17-9-8-14-18(15,16)12-6-4-11(13-3)5-7-12/h4-7,10,13-14H,8-9H2,1-3H3. The van der Waals surface area contributed by atoms with Crippen LogP contribution in [-0.2, 0) is 14.8 Å². The minimum absolute atomic E-state index is 0.101. The SMILES string of the molecule is CNc1ccc(S(=O)(=O)NCCOC(C)C)cc1. The minimum atomic E-state index is -3.44. The van der Waals surface area contributed by atoms with Crippen molar-refractivity contribution in [3.8, 4) is 0 Å². The zero-order valence-electron chi connectivity index (χ0n) is 10.9. The molecule has 2 N–H and O–H groups in total. The second-order valence-corrected chi connectivity index (χ2v) is 5.86. The molecule has 0 aliphatic carbocycles. The Labute approximate surface area is 109 Å². The van der Waals surface area contributed by atoms with Crippen molar-refractivity contribution in [2.24, 2.45) is 0 Å². The fourth-order valence-corrected chi connectivity index (χ4v) is 2.37. The zero-order chi connectivity index (χ0) is 13.6. The molecule has 0 radical (unpaired) electrons. The predicted octanol–water partition coefficient (Wildman–Crippen LogP) is 1.43. The van der Waals surface area contributed by atoms with Crippen molar-refractivity contribution in [3.05, 3.63) is 24.3 Å². The van der Waals surface area contributed by atoms with Gasteiger partial charge in [0.05, 0.1) is 17.6 Å². The lowest BCUT2D eigenvalue weighted by molar-refractivity contribution is 0.0834. The molecule has 1 rings (SSSR count). The Bertz CT molecular complexity index is 455. The van der Waals surface area contributed by atoms with Gasteiger partial charge in [-0.25, -0.2) is 13.1 Å². The highest BCUT2D eigenvalue weighted by Crippen LogP contribution is 2.12. The van der Waals surface area contributed by atoms with Crippen LogP contribution in [0.25, 0.3) is 0 Å². The van der Waals surface area contributed by atoms with Crippen molar-refractivity contribution >= 4 is 15.7 Å². The Morgan fingerprint density at radius 2 is 1.83 bits per heavy atom. The van der Waals surface area contributed by atoms with E-state index in [1.165, 1.54) is 0 Å². The zero-order valence-corrected chi connectivity index (χ0v) is 11.8. The Morgan fingerprint density at radius 1 is 1.22 bits per heavy atom. The average molecular weight is 272 g/mol. The maximum absolute atomic E-state index is 11.9. The molecule has 0 amide bonds. The van der Waals surface area contributed by atoms with Crippen LogP contribution in [0.2, 0.25) is 0 Å². The molecule has 102 valence electrons. The highest BCUT2D eigenvalue weighted by atomic mass is 32.2. The lowest BCUT2D eigenvalue weighted by Crippen LogP contribution is -2.28. The molecule has 0 saturated carbocycles. The van der Waals surface area contributed by atoms with Crippen LogP contribution in [0.5, 0.6) is 0 Å². The van der Waals surface area contributed by atoms with Crippen molar-refractivity contribution in [1.29, 1.82) is 0 Å². The van der Waals surface area contributed by atoms with Crippen LogP contribution in [-0.4, -0.2) is 34.7 Å². The average Bonchev–Trinajstić information content (AvgIpc) is 2.34. The monoisotopic (exact) mass is 272 g/mol. The highest BCUT2D eigenvalue weighted by Gasteiger charge is 2.12. The van der Waals surface area contributed by atoms with Gasteiger partial charge in [0.15, 0.2) is 0 Å². The van der Waals surface area contributed by atoms with E-state index in [4.69, 9.17) is 4.74 Å². The van der Waals surface area contributed by atoms with Crippen LogP contribution in [0, 0.1) is 0 Å². The quantitative estimate of drug-likeness (QED) is 0.737. The van der Waals surface area contributed by atoms with Crippen LogP contribution in [0.4, 0.5) is 5.69 Å². The number of ether oxygens (including phenoxy) is 1. The Hall–Kier alpha value is -1.11. The van der Waals surface area contributed by atoms with E-state index < -0.39 is 10.0 Å². The van der Waals surface area contributed by atoms with Gasteiger partial charge in [-0.15, -0.1) is 0 Å². The summed E-state index contributed by atoms with van der Waals surface area (Å²) in [4.78, 5) is 0.256. The van der Waals surface area contributed by atoms with Gasteiger partial charge in [-0.05, 0) is 38.1 Å². The molecule has 1 aromatic carbocycles. The first kappa shape index (κ1) is 14.9. The first-order chi connectivity index (χ1) is 8.45. The molecule has 6 heteroatoms. The van der Waals surface area contributed by atoms with E-state index in [9.17, 15) is 8.42 Å². The fourth-order valence-electron chi connectivity index (χ4n) is 1.35. The van der Waals surface area contributed by atoms with Gasteiger partial charge in [-0.3, -0.25) is 0 Å². The van der Waals surface area contributed by atoms with Gasteiger partial charge in [0.25, 0.3) is 0 Å². The van der Waals surface area contributed by atoms with Crippen LogP contribution in [0.1, 0.15) is 13.8 Å². The van der Waals surface area contributed by atoms with Gasteiger partial charge in [-0.2, -0.15) is 0 Å². The summed E-state index contributed by atoms with van der Waals surface area (Å²) in [6.07, 6.45) is 0.101. The van der Waals surface area contributed by atoms with Gasteiger partial charge in [0, 0.05) is 19.3 Å². The molecular weight excluding hydrogens is 252 g/mol. The number of hydrogen-bond donors (Lipinski definition) is 2. The van der Waals surface area contributed by atoms with Crippen LogP contribution < -0.4 is 10.0 Å². The van der Waals surface area contributed by atoms with Crippen molar-refractivity contribution in [2.75, 3.05) is 25.5 Å². The minimum Gasteiger partial charge on any atom is -0.388 e. The molecular formula is C12H20N2O3S.